The van der Waals surface area contributed by atoms with Crippen LogP contribution in [0.25, 0.3) is 0 Å². The van der Waals surface area contributed by atoms with Gasteiger partial charge in [-0.1, -0.05) is 17.7 Å². The zero-order valence-electron chi connectivity index (χ0n) is 18.5. The van der Waals surface area contributed by atoms with E-state index in [-0.39, 0.29) is 12.1 Å². The normalized spacial score (nSPS) is 21.2. The SMILES string of the molecule is Cc1cccc(C(=O)OC2CN(c3nc4c(c(N(C)C5CCOCC5)n3)S(=O)CC4)C2)c1. The highest BCUT2D eigenvalue weighted by Gasteiger charge is 2.36. The number of benzene rings is 1. The molecule has 2 fully saturated rings. The largest absolute Gasteiger partial charge is 0.455 e. The van der Waals surface area contributed by atoms with E-state index in [0.717, 1.165) is 48.0 Å². The Bertz CT molecular complexity index is 1050. The van der Waals surface area contributed by atoms with Crippen LogP contribution in [0.2, 0.25) is 0 Å². The van der Waals surface area contributed by atoms with Crippen molar-refractivity contribution in [1.82, 2.24) is 9.97 Å². The molecule has 2 saturated heterocycles. The molecule has 0 spiro atoms. The lowest BCUT2D eigenvalue weighted by Gasteiger charge is -2.39. The van der Waals surface area contributed by atoms with E-state index in [1.54, 1.807) is 6.07 Å². The van der Waals surface area contributed by atoms with E-state index in [1.165, 1.54) is 0 Å². The summed E-state index contributed by atoms with van der Waals surface area (Å²) in [5, 5.41) is 0. The van der Waals surface area contributed by atoms with Crippen LogP contribution in [0.3, 0.4) is 0 Å². The van der Waals surface area contributed by atoms with Crippen LogP contribution >= 0.6 is 0 Å². The summed E-state index contributed by atoms with van der Waals surface area (Å²) in [6.07, 6.45) is 2.37. The number of carbonyl (C=O) groups is 1. The van der Waals surface area contributed by atoms with Crippen molar-refractivity contribution in [2.75, 3.05) is 48.9 Å². The van der Waals surface area contributed by atoms with Gasteiger partial charge in [-0.2, -0.15) is 4.98 Å². The van der Waals surface area contributed by atoms with E-state index in [2.05, 4.69) is 4.90 Å². The first-order valence-corrected chi connectivity index (χ1v) is 12.4. The summed E-state index contributed by atoms with van der Waals surface area (Å²) in [7, 11) is 0.965. The summed E-state index contributed by atoms with van der Waals surface area (Å²) in [6, 6.07) is 7.73. The second-order valence-corrected chi connectivity index (χ2v) is 10.2. The Morgan fingerprint density at radius 3 is 2.78 bits per heavy atom. The summed E-state index contributed by atoms with van der Waals surface area (Å²) in [4.78, 5) is 27.0. The van der Waals surface area contributed by atoms with Gasteiger partial charge in [-0.05, 0) is 31.9 Å². The lowest BCUT2D eigenvalue weighted by molar-refractivity contribution is 0.0231. The van der Waals surface area contributed by atoms with Gasteiger partial charge in [-0.3, -0.25) is 4.21 Å². The fourth-order valence-corrected chi connectivity index (χ4v) is 5.85. The third-order valence-electron chi connectivity index (χ3n) is 6.39. The zero-order valence-corrected chi connectivity index (χ0v) is 19.3. The molecule has 0 saturated carbocycles. The van der Waals surface area contributed by atoms with Crippen LogP contribution in [0.1, 0.15) is 34.5 Å². The van der Waals surface area contributed by atoms with Crippen LogP contribution in [0, 0.1) is 6.92 Å². The molecular formula is C23H28N4O4S. The molecule has 2 aromatic rings. The maximum atomic E-state index is 12.7. The number of ether oxygens (including phenoxy) is 2. The summed E-state index contributed by atoms with van der Waals surface area (Å²) < 4.78 is 23.8. The predicted octanol–water partition coefficient (Wildman–Crippen LogP) is 2.11. The minimum atomic E-state index is -1.06. The number of anilines is 2. The monoisotopic (exact) mass is 456 g/mol. The number of esters is 1. The molecular weight excluding hydrogens is 428 g/mol. The number of aromatic nitrogens is 2. The molecule has 32 heavy (non-hydrogen) atoms. The average molecular weight is 457 g/mol. The van der Waals surface area contributed by atoms with Gasteiger partial charge in [0.05, 0.1) is 35.1 Å². The summed E-state index contributed by atoms with van der Waals surface area (Å²) >= 11 is 0. The third-order valence-corrected chi connectivity index (χ3v) is 7.84. The predicted molar refractivity (Wildman–Crippen MR) is 122 cm³/mol. The maximum absolute atomic E-state index is 12.7. The van der Waals surface area contributed by atoms with Crippen molar-refractivity contribution in [1.29, 1.82) is 0 Å². The minimum absolute atomic E-state index is 0.189. The highest BCUT2D eigenvalue weighted by atomic mass is 32.2. The lowest BCUT2D eigenvalue weighted by atomic mass is 10.1. The van der Waals surface area contributed by atoms with Gasteiger partial charge in [0.15, 0.2) is 5.82 Å². The standard InChI is InChI=1S/C23H28N4O4S/c1-15-4-3-5-16(12-15)22(28)31-18-13-27(14-18)23-24-19-8-11-32(29)20(19)21(25-23)26(2)17-6-9-30-10-7-17/h3-5,12,17-18H,6-11,13-14H2,1-2H3. The fraction of sp³-hybridized carbons (Fsp3) is 0.522. The molecule has 0 amide bonds. The Labute approximate surface area is 190 Å². The number of rotatable bonds is 5. The van der Waals surface area contributed by atoms with Crippen molar-refractivity contribution >= 4 is 28.5 Å². The molecule has 1 aromatic heterocycles. The molecule has 0 N–H and O–H groups in total. The quantitative estimate of drug-likeness (QED) is 0.633. The summed E-state index contributed by atoms with van der Waals surface area (Å²) in [6.45, 7) is 4.53. The Morgan fingerprint density at radius 1 is 1.25 bits per heavy atom. The topological polar surface area (TPSA) is 84.9 Å². The minimum Gasteiger partial charge on any atom is -0.455 e. The van der Waals surface area contributed by atoms with Gasteiger partial charge in [0.25, 0.3) is 0 Å². The van der Waals surface area contributed by atoms with Crippen LogP contribution < -0.4 is 9.80 Å². The van der Waals surface area contributed by atoms with Gasteiger partial charge in [0, 0.05) is 38.5 Å². The summed E-state index contributed by atoms with van der Waals surface area (Å²) in [5.74, 6) is 1.69. The molecule has 0 aliphatic carbocycles. The number of nitrogens with zero attached hydrogens (tertiary/aromatic N) is 4. The Morgan fingerprint density at radius 2 is 2.03 bits per heavy atom. The smallest absolute Gasteiger partial charge is 0.338 e. The molecule has 170 valence electrons. The van der Waals surface area contributed by atoms with Gasteiger partial charge in [0.2, 0.25) is 5.95 Å². The van der Waals surface area contributed by atoms with Crippen molar-refractivity contribution in [3.8, 4) is 0 Å². The molecule has 1 aromatic carbocycles. The number of hydrogen-bond acceptors (Lipinski definition) is 8. The molecule has 3 aliphatic rings. The van der Waals surface area contributed by atoms with Gasteiger partial charge in [-0.15, -0.1) is 0 Å². The van der Waals surface area contributed by atoms with Crippen LogP contribution in [-0.4, -0.2) is 71.4 Å². The average Bonchev–Trinajstić information content (AvgIpc) is 3.16. The molecule has 9 heteroatoms. The van der Waals surface area contributed by atoms with Crippen molar-refractivity contribution in [3.63, 3.8) is 0 Å². The number of aryl methyl sites for hydroxylation is 2. The molecule has 4 heterocycles. The number of hydrogen-bond donors (Lipinski definition) is 0. The van der Waals surface area contributed by atoms with Gasteiger partial charge >= 0.3 is 5.97 Å². The highest BCUT2D eigenvalue weighted by molar-refractivity contribution is 7.85. The maximum Gasteiger partial charge on any atom is 0.338 e. The van der Waals surface area contributed by atoms with Crippen LogP contribution in [0.4, 0.5) is 11.8 Å². The van der Waals surface area contributed by atoms with Crippen molar-refractivity contribution in [2.45, 2.75) is 43.2 Å². The molecule has 1 unspecified atom stereocenters. The van der Waals surface area contributed by atoms with Gasteiger partial charge in [0.1, 0.15) is 11.0 Å². The lowest BCUT2D eigenvalue weighted by Crippen LogP contribution is -2.54. The van der Waals surface area contributed by atoms with E-state index in [4.69, 9.17) is 19.4 Å². The third kappa shape index (κ3) is 4.11. The van der Waals surface area contributed by atoms with E-state index >= 15 is 0 Å². The molecule has 0 bridgehead atoms. The molecule has 5 rings (SSSR count). The van der Waals surface area contributed by atoms with Crippen LogP contribution in [0.5, 0.6) is 0 Å². The van der Waals surface area contributed by atoms with Crippen molar-refractivity contribution in [2.24, 2.45) is 0 Å². The van der Waals surface area contributed by atoms with E-state index in [1.807, 2.05) is 37.1 Å². The number of fused-ring (bicyclic) bond motifs is 1. The van der Waals surface area contributed by atoms with Crippen molar-refractivity contribution < 1.29 is 18.5 Å². The second-order valence-electron chi connectivity index (χ2n) is 8.68. The van der Waals surface area contributed by atoms with Crippen molar-refractivity contribution in [3.05, 3.63) is 41.1 Å². The fourth-order valence-electron chi connectivity index (χ4n) is 4.46. The van der Waals surface area contributed by atoms with E-state index in [0.29, 0.717) is 42.8 Å². The van der Waals surface area contributed by atoms with Gasteiger partial charge in [-0.25, -0.2) is 9.78 Å². The van der Waals surface area contributed by atoms with E-state index < -0.39 is 10.8 Å². The Balaban J connectivity index is 1.31. The molecule has 8 nitrogen and oxygen atoms in total. The number of carbonyl (C=O) groups excluding carboxylic acids is 1. The van der Waals surface area contributed by atoms with E-state index in [9.17, 15) is 9.00 Å². The zero-order chi connectivity index (χ0) is 22.2. The molecule has 0 radical (unpaired) electrons. The van der Waals surface area contributed by atoms with Gasteiger partial charge < -0.3 is 19.3 Å². The molecule has 1 atom stereocenters. The molecule has 3 aliphatic heterocycles. The van der Waals surface area contributed by atoms with Crippen LogP contribution in [-0.2, 0) is 26.7 Å². The Hall–Kier alpha value is -2.52. The Kier molecular flexibility index (Phi) is 5.86. The first-order valence-electron chi connectivity index (χ1n) is 11.1. The first-order chi connectivity index (χ1) is 15.5. The second kappa shape index (κ2) is 8.78. The highest BCUT2D eigenvalue weighted by Crippen LogP contribution is 2.34. The summed E-state index contributed by atoms with van der Waals surface area (Å²) in [5.41, 5.74) is 2.47. The van der Waals surface area contributed by atoms with Crippen LogP contribution in [0.15, 0.2) is 29.2 Å². The first kappa shape index (κ1) is 21.3.